The molecule has 2 nitrogen and oxygen atoms in total. The number of thioether (sulfide) groups is 1. The molecule has 1 unspecified atom stereocenters. The Labute approximate surface area is 103 Å². The highest BCUT2D eigenvalue weighted by Crippen LogP contribution is 2.30. The Balaban J connectivity index is 1.77. The van der Waals surface area contributed by atoms with Crippen LogP contribution in [0.5, 0.6) is 0 Å². The maximum absolute atomic E-state index is 5.67. The molecular weight excluding hydrogens is 218 g/mol. The van der Waals surface area contributed by atoms with E-state index < -0.39 is 0 Å². The Morgan fingerprint density at radius 1 is 1.50 bits per heavy atom. The smallest absolute Gasteiger partial charge is 0.110 e. The lowest BCUT2D eigenvalue weighted by Crippen LogP contribution is -2.33. The third kappa shape index (κ3) is 3.42. The molecule has 0 bridgehead atoms. The highest BCUT2D eigenvalue weighted by molar-refractivity contribution is 7.99. The predicted molar refractivity (Wildman–Crippen MR) is 70.8 cm³/mol. The van der Waals surface area contributed by atoms with E-state index in [2.05, 4.69) is 30.1 Å². The number of hydrogen-bond acceptors (Lipinski definition) is 3. The topological polar surface area (TPSA) is 21.3 Å². The van der Waals surface area contributed by atoms with Gasteiger partial charge in [0.15, 0.2) is 0 Å². The lowest BCUT2D eigenvalue weighted by atomic mass is 10.2. The second-order valence-corrected chi connectivity index (χ2v) is 5.93. The highest BCUT2D eigenvalue weighted by Gasteiger charge is 2.21. The molecule has 1 aliphatic heterocycles. The van der Waals surface area contributed by atoms with Gasteiger partial charge in [0.1, 0.15) is 5.76 Å². The van der Waals surface area contributed by atoms with Crippen molar-refractivity contribution in [3.63, 3.8) is 0 Å². The van der Waals surface area contributed by atoms with Gasteiger partial charge in [0.2, 0.25) is 0 Å². The Morgan fingerprint density at radius 3 is 2.94 bits per heavy atom. The van der Waals surface area contributed by atoms with Crippen molar-refractivity contribution in [2.45, 2.75) is 50.3 Å². The minimum Gasteiger partial charge on any atom is -0.496 e. The van der Waals surface area contributed by atoms with Crippen molar-refractivity contribution in [3.8, 4) is 0 Å². The molecule has 1 N–H and O–H groups in total. The summed E-state index contributed by atoms with van der Waals surface area (Å²) in [5.74, 6) is 2.36. The molecule has 2 rings (SSSR count). The summed E-state index contributed by atoms with van der Waals surface area (Å²) >= 11 is 2.14. The Morgan fingerprint density at radius 2 is 2.31 bits per heavy atom. The zero-order chi connectivity index (χ0) is 11.2. The van der Waals surface area contributed by atoms with Crippen LogP contribution in [0.15, 0.2) is 11.8 Å². The zero-order valence-electron chi connectivity index (χ0n) is 10.2. The average Bonchev–Trinajstić information content (AvgIpc) is 2.96. The van der Waals surface area contributed by atoms with Crippen LogP contribution in [0.2, 0.25) is 0 Å². The molecule has 1 saturated carbocycles. The first kappa shape index (κ1) is 12.3. The highest BCUT2D eigenvalue weighted by atomic mass is 32.2. The number of ether oxygens (including phenoxy) is 1. The van der Waals surface area contributed by atoms with Crippen LogP contribution in [0.1, 0.15) is 39.0 Å². The van der Waals surface area contributed by atoms with Crippen LogP contribution in [0, 0.1) is 0 Å². The lowest BCUT2D eigenvalue weighted by Gasteiger charge is -2.20. The van der Waals surface area contributed by atoms with Gasteiger partial charge in [0, 0.05) is 17.4 Å². The van der Waals surface area contributed by atoms with Crippen molar-refractivity contribution in [1.29, 1.82) is 0 Å². The largest absolute Gasteiger partial charge is 0.496 e. The van der Waals surface area contributed by atoms with Crippen LogP contribution in [-0.4, -0.2) is 30.2 Å². The van der Waals surface area contributed by atoms with Crippen molar-refractivity contribution in [1.82, 2.24) is 5.32 Å². The van der Waals surface area contributed by atoms with Crippen LogP contribution in [-0.2, 0) is 4.74 Å². The van der Waals surface area contributed by atoms with Gasteiger partial charge in [-0.1, -0.05) is 19.8 Å². The van der Waals surface area contributed by atoms with E-state index in [9.17, 15) is 0 Å². The molecule has 2 aliphatic rings. The summed E-state index contributed by atoms with van der Waals surface area (Å²) in [5.41, 5.74) is 0. The van der Waals surface area contributed by atoms with Gasteiger partial charge in [0.25, 0.3) is 0 Å². The first-order valence-corrected chi connectivity index (χ1v) is 7.63. The molecule has 1 fully saturated rings. The van der Waals surface area contributed by atoms with E-state index in [1.165, 1.54) is 37.2 Å². The van der Waals surface area contributed by atoms with Crippen LogP contribution >= 0.6 is 11.8 Å². The molecular formula is C13H23NOS. The number of likely N-dealkylation sites (N-methyl/N-ethyl adjacent to an activating group) is 1. The Bertz CT molecular complexity index is 236. The van der Waals surface area contributed by atoms with Crippen molar-refractivity contribution in [3.05, 3.63) is 11.8 Å². The second-order valence-electron chi connectivity index (χ2n) is 4.59. The number of hydrogen-bond donors (Lipinski definition) is 1. The van der Waals surface area contributed by atoms with Gasteiger partial charge in [-0.3, -0.25) is 0 Å². The molecule has 0 aromatic heterocycles. The van der Waals surface area contributed by atoms with E-state index in [-0.39, 0.29) is 0 Å². The molecule has 0 aromatic rings. The fourth-order valence-electron chi connectivity index (χ4n) is 2.46. The first-order valence-electron chi connectivity index (χ1n) is 6.58. The van der Waals surface area contributed by atoms with E-state index in [1.54, 1.807) is 0 Å². The minimum absolute atomic E-state index is 0.443. The summed E-state index contributed by atoms with van der Waals surface area (Å²) < 4.78 is 5.67. The molecule has 0 amide bonds. The van der Waals surface area contributed by atoms with E-state index in [1.807, 2.05) is 0 Å². The minimum atomic E-state index is 0.443. The molecule has 0 spiro atoms. The third-order valence-electron chi connectivity index (χ3n) is 3.33. The molecule has 3 heteroatoms. The molecule has 1 heterocycles. The molecule has 0 saturated heterocycles. The lowest BCUT2D eigenvalue weighted by molar-refractivity contribution is 0.220. The van der Waals surface area contributed by atoms with Gasteiger partial charge in [-0.25, -0.2) is 0 Å². The van der Waals surface area contributed by atoms with Gasteiger partial charge in [-0.2, -0.15) is 11.8 Å². The van der Waals surface area contributed by atoms with Crippen molar-refractivity contribution in [2.75, 3.05) is 18.9 Å². The first-order chi connectivity index (χ1) is 7.90. The molecule has 1 atom stereocenters. The Kier molecular flexibility index (Phi) is 5.04. The quantitative estimate of drug-likeness (QED) is 0.772. The number of rotatable bonds is 6. The van der Waals surface area contributed by atoms with Crippen molar-refractivity contribution >= 4 is 11.8 Å². The van der Waals surface area contributed by atoms with Crippen LogP contribution < -0.4 is 5.32 Å². The summed E-state index contributed by atoms with van der Waals surface area (Å²) in [4.78, 5) is 0. The van der Waals surface area contributed by atoms with Gasteiger partial charge in [-0.15, -0.1) is 0 Å². The van der Waals surface area contributed by atoms with Crippen LogP contribution in [0.25, 0.3) is 0 Å². The van der Waals surface area contributed by atoms with Gasteiger partial charge in [-0.05, 0) is 25.5 Å². The zero-order valence-corrected chi connectivity index (χ0v) is 11.0. The fourth-order valence-corrected chi connectivity index (χ4v) is 3.87. The van der Waals surface area contributed by atoms with Gasteiger partial charge in [0.05, 0.1) is 12.6 Å². The SMILES string of the molecule is CCNC(CSC1CCCC1)C1=CCCO1. The average molecular weight is 241 g/mol. The van der Waals surface area contributed by atoms with E-state index in [4.69, 9.17) is 4.74 Å². The molecule has 1 aliphatic carbocycles. The van der Waals surface area contributed by atoms with Crippen molar-refractivity contribution in [2.24, 2.45) is 0 Å². The van der Waals surface area contributed by atoms with Crippen LogP contribution in [0.4, 0.5) is 0 Å². The monoisotopic (exact) mass is 241 g/mol. The van der Waals surface area contributed by atoms with Gasteiger partial charge < -0.3 is 10.1 Å². The maximum Gasteiger partial charge on any atom is 0.110 e. The second kappa shape index (κ2) is 6.55. The van der Waals surface area contributed by atoms with E-state index in [0.29, 0.717) is 6.04 Å². The molecule has 16 heavy (non-hydrogen) atoms. The van der Waals surface area contributed by atoms with Crippen LogP contribution in [0.3, 0.4) is 0 Å². The number of nitrogens with one attached hydrogen (secondary N) is 1. The fraction of sp³-hybridized carbons (Fsp3) is 0.846. The standard InChI is InChI=1S/C13H23NOS/c1-2-14-12(13-8-5-9-15-13)10-16-11-6-3-4-7-11/h8,11-12,14H,2-7,9-10H2,1H3. The summed E-state index contributed by atoms with van der Waals surface area (Å²) in [6.07, 6.45) is 9.05. The third-order valence-corrected chi connectivity index (χ3v) is 4.80. The predicted octanol–water partition coefficient (Wildman–Crippen LogP) is 2.94. The van der Waals surface area contributed by atoms with E-state index in [0.717, 1.165) is 24.8 Å². The summed E-state index contributed by atoms with van der Waals surface area (Å²) in [5, 5.41) is 4.44. The summed E-state index contributed by atoms with van der Waals surface area (Å²) in [7, 11) is 0. The maximum atomic E-state index is 5.67. The normalized spacial score (nSPS) is 23.2. The summed E-state index contributed by atoms with van der Waals surface area (Å²) in [6, 6.07) is 0.443. The van der Waals surface area contributed by atoms with Crippen molar-refractivity contribution < 1.29 is 4.74 Å². The Hall–Kier alpha value is -0.150. The van der Waals surface area contributed by atoms with E-state index >= 15 is 0 Å². The molecule has 0 radical (unpaired) electrons. The molecule has 92 valence electrons. The van der Waals surface area contributed by atoms with Gasteiger partial charge >= 0.3 is 0 Å². The molecule has 0 aromatic carbocycles. The summed E-state index contributed by atoms with van der Waals surface area (Å²) in [6.45, 7) is 4.07.